The van der Waals surface area contributed by atoms with Crippen molar-refractivity contribution in [2.45, 2.75) is 38.5 Å². The van der Waals surface area contributed by atoms with Crippen molar-refractivity contribution in [1.29, 1.82) is 0 Å². The molecule has 4 nitrogen and oxygen atoms in total. The van der Waals surface area contributed by atoms with Crippen LogP contribution in [0.1, 0.15) is 49.8 Å². The summed E-state index contributed by atoms with van der Waals surface area (Å²) in [6, 6.07) is 11.8. The Hall–Kier alpha value is -1.85. The number of carbonyl (C=O) groups excluding carboxylic acids is 1. The number of phenols is 1. The van der Waals surface area contributed by atoms with Gasteiger partial charge in [0.05, 0.1) is 11.2 Å². The van der Waals surface area contributed by atoms with Gasteiger partial charge in [-0.1, -0.05) is 72.6 Å². The fraction of sp³-hybridized carbons (Fsp3) is 0.333. The van der Waals surface area contributed by atoms with E-state index in [1.807, 2.05) is 0 Å². The second kappa shape index (κ2) is 7.64. The van der Waals surface area contributed by atoms with Crippen molar-refractivity contribution in [2.24, 2.45) is 11.0 Å². The van der Waals surface area contributed by atoms with Gasteiger partial charge in [0, 0.05) is 16.0 Å². The van der Waals surface area contributed by atoms with Crippen molar-refractivity contribution in [3.8, 4) is 5.75 Å². The highest BCUT2D eigenvalue weighted by Gasteiger charge is 2.44. The van der Waals surface area contributed by atoms with Gasteiger partial charge in [-0.3, -0.25) is 4.79 Å². The van der Waals surface area contributed by atoms with Crippen molar-refractivity contribution < 1.29 is 9.90 Å². The Morgan fingerprint density at radius 2 is 1.96 bits per heavy atom. The number of nitrogens with one attached hydrogen (secondary N) is 1. The minimum atomic E-state index is -0.114. The quantitative estimate of drug-likeness (QED) is 0.487. The number of hydrogen-bond acceptors (Lipinski definition) is 3. The lowest BCUT2D eigenvalue weighted by atomic mass is 9.86. The molecule has 2 aromatic carbocycles. The van der Waals surface area contributed by atoms with Gasteiger partial charge < -0.3 is 5.11 Å². The van der Waals surface area contributed by atoms with Gasteiger partial charge in [-0.15, -0.1) is 0 Å². The summed E-state index contributed by atoms with van der Waals surface area (Å²) < 4.78 is 0.721. The number of rotatable bonds is 4. The molecule has 0 bridgehead atoms. The molecule has 0 spiro atoms. The first kappa shape index (κ1) is 19.9. The smallest absolute Gasteiger partial charge is 0.243 e. The molecule has 1 saturated carbocycles. The third-order valence-electron chi connectivity index (χ3n) is 4.77. The Morgan fingerprint density at radius 3 is 2.59 bits per heavy atom. The average molecular weight is 450 g/mol. The summed E-state index contributed by atoms with van der Waals surface area (Å²) in [4.78, 5) is 12.3. The van der Waals surface area contributed by atoms with Gasteiger partial charge in [-0.25, -0.2) is 5.43 Å². The summed E-state index contributed by atoms with van der Waals surface area (Å²) in [5, 5.41) is 14.1. The second-order valence-electron chi connectivity index (χ2n) is 7.88. The molecule has 0 unspecified atom stereocenters. The van der Waals surface area contributed by atoms with Crippen LogP contribution in [-0.4, -0.2) is 17.2 Å². The van der Waals surface area contributed by atoms with Crippen LogP contribution in [0.4, 0.5) is 0 Å². The van der Waals surface area contributed by atoms with Crippen molar-refractivity contribution in [2.75, 3.05) is 0 Å². The molecule has 1 aliphatic rings. The van der Waals surface area contributed by atoms with E-state index in [0.717, 1.165) is 10.9 Å². The Bertz CT molecular complexity index is 888. The normalized spacial score (nSPS) is 19.3. The van der Waals surface area contributed by atoms with Crippen molar-refractivity contribution in [3.63, 3.8) is 0 Å². The molecular weight excluding hydrogens is 428 g/mol. The number of halogens is 2. The molecule has 2 N–H and O–H groups in total. The fourth-order valence-electron chi connectivity index (χ4n) is 3.02. The van der Waals surface area contributed by atoms with Crippen LogP contribution in [0.5, 0.6) is 5.75 Å². The third-order valence-corrected chi connectivity index (χ3v) is 5.51. The minimum absolute atomic E-state index is 0.0673. The van der Waals surface area contributed by atoms with Crippen LogP contribution in [-0.2, 0) is 10.2 Å². The summed E-state index contributed by atoms with van der Waals surface area (Å²) in [7, 11) is 0. The molecule has 2 aromatic rings. The molecular formula is C21H22BrClN2O2. The van der Waals surface area contributed by atoms with E-state index in [2.05, 4.69) is 71.5 Å². The number of carbonyl (C=O) groups is 1. The van der Waals surface area contributed by atoms with Crippen LogP contribution in [0.15, 0.2) is 46.0 Å². The Labute approximate surface area is 172 Å². The maximum absolute atomic E-state index is 12.3. The molecule has 6 heteroatoms. The first-order valence-electron chi connectivity index (χ1n) is 8.78. The number of nitrogens with zero attached hydrogens (tertiary/aromatic N) is 1. The van der Waals surface area contributed by atoms with Crippen LogP contribution in [0.25, 0.3) is 0 Å². The molecule has 2 atom stereocenters. The Kier molecular flexibility index (Phi) is 5.63. The van der Waals surface area contributed by atoms with Crippen molar-refractivity contribution in [1.82, 2.24) is 5.43 Å². The van der Waals surface area contributed by atoms with Gasteiger partial charge in [0.1, 0.15) is 5.75 Å². The zero-order valence-corrected chi connectivity index (χ0v) is 17.8. The molecule has 1 aliphatic carbocycles. The second-order valence-corrected chi connectivity index (χ2v) is 9.20. The standard InChI is InChI=1S/C21H22BrClN2O2/c1-21(2,3)14-6-4-12(5-7-14)16-10-17(16)20(27)25-24-11-13-8-15(22)9-18(23)19(13)26/h4-9,11,16-17,26H,10H2,1-3H3,(H,25,27)/t16-,17-/m0/s1. The Balaban J connectivity index is 1.59. The molecule has 1 amide bonds. The van der Waals surface area contributed by atoms with E-state index < -0.39 is 0 Å². The number of phenolic OH excluding ortho intramolecular Hbond substituents is 1. The average Bonchev–Trinajstić information content (AvgIpc) is 3.39. The number of benzene rings is 2. The summed E-state index contributed by atoms with van der Waals surface area (Å²) in [5.41, 5.74) is 5.57. The van der Waals surface area contributed by atoms with E-state index in [9.17, 15) is 9.90 Å². The topological polar surface area (TPSA) is 61.7 Å². The maximum Gasteiger partial charge on any atom is 0.243 e. The predicted octanol–water partition coefficient (Wildman–Crippen LogP) is 5.36. The number of hydrogen-bond donors (Lipinski definition) is 2. The van der Waals surface area contributed by atoms with Gasteiger partial charge in [0.15, 0.2) is 0 Å². The number of hydrazone groups is 1. The van der Waals surface area contributed by atoms with E-state index in [1.54, 1.807) is 12.1 Å². The summed E-state index contributed by atoms with van der Waals surface area (Å²) in [5.74, 6) is -0.0110. The molecule has 142 valence electrons. The van der Waals surface area contributed by atoms with Crippen LogP contribution < -0.4 is 5.43 Å². The number of amides is 1. The van der Waals surface area contributed by atoms with E-state index in [-0.39, 0.29) is 33.9 Å². The molecule has 0 aliphatic heterocycles. The highest BCUT2D eigenvalue weighted by Crippen LogP contribution is 2.47. The SMILES string of the molecule is CC(C)(C)c1ccc([C@@H]2C[C@@H]2C(=O)NN=Cc2cc(Br)cc(Cl)c2O)cc1. The first-order valence-corrected chi connectivity index (χ1v) is 9.95. The van der Waals surface area contributed by atoms with Gasteiger partial charge in [0.2, 0.25) is 5.91 Å². The largest absolute Gasteiger partial charge is 0.506 e. The van der Waals surface area contributed by atoms with E-state index in [1.165, 1.54) is 17.3 Å². The summed E-state index contributed by atoms with van der Waals surface area (Å²) in [6.45, 7) is 6.55. The van der Waals surface area contributed by atoms with Crippen molar-refractivity contribution >= 4 is 39.7 Å². The maximum atomic E-state index is 12.3. The molecule has 1 fully saturated rings. The lowest BCUT2D eigenvalue weighted by molar-refractivity contribution is -0.122. The van der Waals surface area contributed by atoms with Crippen LogP contribution in [0.2, 0.25) is 5.02 Å². The summed E-state index contributed by atoms with van der Waals surface area (Å²) in [6.07, 6.45) is 2.21. The fourth-order valence-corrected chi connectivity index (χ4v) is 3.85. The first-order chi connectivity index (χ1) is 12.7. The molecule has 0 aromatic heterocycles. The monoisotopic (exact) mass is 448 g/mol. The van der Waals surface area contributed by atoms with Gasteiger partial charge >= 0.3 is 0 Å². The van der Waals surface area contributed by atoms with Crippen LogP contribution >= 0.6 is 27.5 Å². The van der Waals surface area contributed by atoms with E-state index >= 15 is 0 Å². The lowest BCUT2D eigenvalue weighted by Gasteiger charge is -2.19. The van der Waals surface area contributed by atoms with Crippen molar-refractivity contribution in [3.05, 3.63) is 62.6 Å². The highest BCUT2D eigenvalue weighted by atomic mass is 79.9. The zero-order valence-electron chi connectivity index (χ0n) is 15.5. The lowest BCUT2D eigenvalue weighted by Crippen LogP contribution is -2.20. The molecule has 0 saturated heterocycles. The molecule has 27 heavy (non-hydrogen) atoms. The van der Waals surface area contributed by atoms with Crippen LogP contribution in [0, 0.1) is 5.92 Å². The Morgan fingerprint density at radius 1 is 1.30 bits per heavy atom. The molecule has 0 radical (unpaired) electrons. The van der Waals surface area contributed by atoms with Gasteiger partial charge in [-0.05, 0) is 41.0 Å². The molecule has 3 rings (SSSR count). The molecule has 0 heterocycles. The minimum Gasteiger partial charge on any atom is -0.506 e. The highest BCUT2D eigenvalue weighted by molar-refractivity contribution is 9.10. The van der Waals surface area contributed by atoms with E-state index in [0.29, 0.717) is 5.56 Å². The summed E-state index contributed by atoms with van der Waals surface area (Å²) >= 11 is 9.23. The zero-order chi connectivity index (χ0) is 19.8. The van der Waals surface area contributed by atoms with Gasteiger partial charge in [-0.2, -0.15) is 5.10 Å². The van der Waals surface area contributed by atoms with Gasteiger partial charge in [0.25, 0.3) is 0 Å². The predicted molar refractivity (Wildman–Crippen MR) is 113 cm³/mol. The van der Waals surface area contributed by atoms with Crippen LogP contribution in [0.3, 0.4) is 0 Å². The third kappa shape index (κ3) is 4.71. The number of aromatic hydroxyl groups is 1. The van der Waals surface area contributed by atoms with E-state index in [4.69, 9.17) is 11.6 Å².